The van der Waals surface area contributed by atoms with Crippen molar-refractivity contribution in [2.45, 2.75) is 45.1 Å². The number of benzene rings is 2. The molecule has 1 aliphatic rings. The molecule has 1 saturated carbocycles. The molecule has 148 valence electrons. The molecular weight excluding hydrogens is 368 g/mol. The van der Waals surface area contributed by atoms with Crippen LogP contribution in [0.3, 0.4) is 0 Å². The zero-order valence-electron chi connectivity index (χ0n) is 16.7. The Morgan fingerprint density at radius 2 is 1.50 bits per heavy atom. The normalized spacial score (nSPS) is 19.1. The van der Waals surface area contributed by atoms with Crippen LogP contribution in [0.25, 0.3) is 0 Å². The Kier molecular flexibility index (Phi) is 5.75. The Morgan fingerprint density at radius 3 is 1.89 bits per heavy atom. The minimum Gasteiger partial charge on any atom is -0.510 e. The lowest BCUT2D eigenvalue weighted by atomic mass is 10.2. The fourth-order valence-electron chi connectivity index (χ4n) is 4.04. The molecule has 1 N–H and O–H groups in total. The van der Waals surface area contributed by atoms with Gasteiger partial charge in [0, 0.05) is 6.42 Å². The van der Waals surface area contributed by atoms with Gasteiger partial charge in [-0.2, -0.15) is 0 Å². The maximum absolute atomic E-state index is 12.9. The third kappa shape index (κ3) is 4.04. The first-order chi connectivity index (χ1) is 13.3. The molecule has 0 saturated heterocycles. The summed E-state index contributed by atoms with van der Waals surface area (Å²) in [6.07, 6.45) is 1.51. The van der Waals surface area contributed by atoms with Crippen LogP contribution in [-0.4, -0.2) is 25.4 Å². The van der Waals surface area contributed by atoms with Gasteiger partial charge in [0.15, 0.2) is 0 Å². The van der Waals surface area contributed by atoms with Crippen LogP contribution < -0.4 is 10.4 Å². The van der Waals surface area contributed by atoms with Gasteiger partial charge in [-0.3, -0.25) is 9.59 Å². The molecule has 1 fully saturated rings. The first-order valence-electron chi connectivity index (χ1n) is 9.81. The van der Waals surface area contributed by atoms with Crippen LogP contribution in [0.15, 0.2) is 60.7 Å². The van der Waals surface area contributed by atoms with Crippen LogP contribution in [-0.2, 0) is 14.0 Å². The van der Waals surface area contributed by atoms with Crippen LogP contribution in [0.5, 0.6) is 0 Å². The Bertz CT molecular complexity index is 787. The lowest BCUT2D eigenvalue weighted by Gasteiger charge is -2.42. The van der Waals surface area contributed by atoms with Gasteiger partial charge in [-0.1, -0.05) is 81.4 Å². The fraction of sp³-hybridized carbons (Fsp3) is 0.391. The Labute approximate surface area is 167 Å². The van der Waals surface area contributed by atoms with Gasteiger partial charge in [0.2, 0.25) is 0 Å². The summed E-state index contributed by atoms with van der Waals surface area (Å²) >= 11 is 0. The van der Waals surface area contributed by atoms with Gasteiger partial charge in [0.1, 0.15) is 0 Å². The predicted octanol–water partition coefficient (Wildman–Crippen LogP) is 3.59. The van der Waals surface area contributed by atoms with Crippen molar-refractivity contribution in [2.75, 3.05) is 0 Å². The molecular formula is C23H28O4Si. The van der Waals surface area contributed by atoms with E-state index in [0.29, 0.717) is 12.8 Å². The molecule has 0 radical (unpaired) electrons. The van der Waals surface area contributed by atoms with E-state index in [2.05, 4.69) is 45.0 Å². The Hall–Kier alpha value is -2.40. The monoisotopic (exact) mass is 396 g/mol. The average molecular weight is 397 g/mol. The Morgan fingerprint density at radius 1 is 1.00 bits per heavy atom. The zero-order valence-corrected chi connectivity index (χ0v) is 17.7. The van der Waals surface area contributed by atoms with Crippen molar-refractivity contribution in [1.82, 2.24) is 0 Å². The highest BCUT2D eigenvalue weighted by Crippen LogP contribution is 2.42. The summed E-state index contributed by atoms with van der Waals surface area (Å²) in [7, 11) is -2.87. The fourth-order valence-corrected chi connectivity index (χ4v) is 8.42. The largest absolute Gasteiger partial charge is 0.510 e. The summed E-state index contributed by atoms with van der Waals surface area (Å²) in [5.41, 5.74) is 0. The average Bonchev–Trinajstić information content (AvgIpc) is 3.45. The van der Waals surface area contributed by atoms with E-state index in [1.807, 2.05) is 36.4 Å². The van der Waals surface area contributed by atoms with Gasteiger partial charge in [0.05, 0.1) is 5.92 Å². The van der Waals surface area contributed by atoms with Crippen molar-refractivity contribution < 1.29 is 19.1 Å². The van der Waals surface area contributed by atoms with E-state index in [1.165, 1.54) is 0 Å². The molecule has 3 rings (SSSR count). The molecule has 0 aromatic heterocycles. The maximum atomic E-state index is 12.9. The van der Waals surface area contributed by atoms with Gasteiger partial charge in [0.25, 0.3) is 5.97 Å². The molecule has 0 heterocycles. The van der Waals surface area contributed by atoms with Gasteiger partial charge < -0.3 is 9.53 Å². The first kappa shape index (κ1) is 20.3. The molecule has 2 aromatic rings. The molecule has 0 amide bonds. The smallest absolute Gasteiger partial charge is 0.323 e. The van der Waals surface area contributed by atoms with E-state index in [-0.39, 0.29) is 29.3 Å². The van der Waals surface area contributed by atoms with E-state index in [4.69, 9.17) is 9.53 Å². The van der Waals surface area contributed by atoms with Crippen molar-refractivity contribution in [1.29, 1.82) is 0 Å². The second-order valence-electron chi connectivity index (χ2n) is 8.62. The van der Waals surface area contributed by atoms with Crippen molar-refractivity contribution in [2.24, 2.45) is 11.8 Å². The SMILES string of the molecule is CC(C)(C)[Si](OC(=O)CCC1CC1C(=O)O)(c1ccccc1)c1ccccc1. The molecule has 28 heavy (non-hydrogen) atoms. The number of hydrogen-bond acceptors (Lipinski definition) is 3. The third-order valence-electron chi connectivity index (χ3n) is 5.64. The molecule has 1 aliphatic carbocycles. The number of rotatable bonds is 7. The number of carbonyl (C=O) groups excluding carboxylic acids is 1. The third-order valence-corrected chi connectivity index (χ3v) is 10.6. The number of aliphatic carboxylic acids is 1. The van der Waals surface area contributed by atoms with Crippen LogP contribution in [0.4, 0.5) is 0 Å². The van der Waals surface area contributed by atoms with Crippen LogP contribution in [0.2, 0.25) is 5.04 Å². The number of carboxylic acid groups (broad SMARTS) is 1. The van der Waals surface area contributed by atoms with Crippen molar-refractivity contribution in [3.8, 4) is 0 Å². The quantitative estimate of drug-likeness (QED) is 0.727. The maximum Gasteiger partial charge on any atom is 0.323 e. The van der Waals surface area contributed by atoms with Gasteiger partial charge in [-0.25, -0.2) is 0 Å². The van der Waals surface area contributed by atoms with Crippen LogP contribution in [0, 0.1) is 11.8 Å². The standard InChI is InChI=1S/C23H28O4Si/c1-23(2,3)28(18-10-6-4-7-11-18,19-12-8-5-9-13-19)27-21(24)15-14-17-16-20(17)22(25)26/h4-13,17,20H,14-16H2,1-3H3,(H,25,26). The Balaban J connectivity index is 1.90. The minimum atomic E-state index is -2.87. The summed E-state index contributed by atoms with van der Waals surface area (Å²) in [4.78, 5) is 24.0. The highest BCUT2D eigenvalue weighted by Gasteiger charge is 2.53. The van der Waals surface area contributed by atoms with Gasteiger partial charge in [-0.15, -0.1) is 0 Å². The van der Waals surface area contributed by atoms with Crippen molar-refractivity contribution in [3.63, 3.8) is 0 Å². The minimum absolute atomic E-state index is 0.101. The zero-order chi connectivity index (χ0) is 20.4. The number of hydrogen-bond donors (Lipinski definition) is 1. The molecule has 0 aliphatic heterocycles. The van der Waals surface area contributed by atoms with Gasteiger partial charge in [-0.05, 0) is 34.2 Å². The highest BCUT2D eigenvalue weighted by atomic mass is 28.4. The summed E-state index contributed by atoms with van der Waals surface area (Å²) in [5, 5.41) is 10.9. The second kappa shape index (κ2) is 7.92. The van der Waals surface area contributed by atoms with E-state index >= 15 is 0 Å². The molecule has 0 bridgehead atoms. The summed E-state index contributed by atoms with van der Waals surface area (Å²) in [6.45, 7) is 6.40. The lowest BCUT2D eigenvalue weighted by Crippen LogP contribution is -2.67. The van der Waals surface area contributed by atoms with Crippen LogP contribution >= 0.6 is 0 Å². The molecule has 2 unspecified atom stereocenters. The highest BCUT2D eigenvalue weighted by molar-refractivity contribution is 7.00. The molecule has 2 aromatic carbocycles. The van der Waals surface area contributed by atoms with Crippen molar-refractivity contribution >= 4 is 30.6 Å². The van der Waals surface area contributed by atoms with E-state index in [9.17, 15) is 9.59 Å². The van der Waals surface area contributed by atoms with Crippen molar-refractivity contribution in [3.05, 3.63) is 60.7 Å². The summed E-state index contributed by atoms with van der Waals surface area (Å²) in [6, 6.07) is 20.1. The first-order valence-corrected chi connectivity index (χ1v) is 11.7. The molecule has 4 nitrogen and oxygen atoms in total. The van der Waals surface area contributed by atoms with Gasteiger partial charge >= 0.3 is 14.3 Å². The van der Waals surface area contributed by atoms with E-state index < -0.39 is 14.3 Å². The number of carbonyl (C=O) groups is 2. The molecule has 0 spiro atoms. The lowest BCUT2D eigenvalue weighted by molar-refractivity contribution is -0.139. The number of carboxylic acids is 1. The molecule has 2 atom stereocenters. The van der Waals surface area contributed by atoms with E-state index in [1.54, 1.807) is 0 Å². The molecule has 5 heteroatoms. The predicted molar refractivity (Wildman–Crippen MR) is 112 cm³/mol. The van der Waals surface area contributed by atoms with E-state index in [0.717, 1.165) is 10.4 Å². The topological polar surface area (TPSA) is 63.6 Å². The summed E-state index contributed by atoms with van der Waals surface area (Å²) in [5.74, 6) is -1.18. The van der Waals surface area contributed by atoms with Crippen LogP contribution in [0.1, 0.15) is 40.0 Å². The second-order valence-corrected chi connectivity index (χ2v) is 12.8. The summed E-state index contributed by atoms with van der Waals surface area (Å²) < 4.78 is 6.40.